The zero-order valence-electron chi connectivity index (χ0n) is 11.2. The molecule has 0 saturated heterocycles. The minimum absolute atomic E-state index is 0.164. The molecule has 2 heterocycles. The van der Waals surface area contributed by atoms with Gasteiger partial charge in [0.05, 0.1) is 5.69 Å². The number of furan rings is 1. The monoisotopic (exact) mass is 284 g/mol. The third kappa shape index (κ3) is 2.55. The van der Waals surface area contributed by atoms with Crippen molar-refractivity contribution in [2.45, 2.75) is 13.5 Å². The van der Waals surface area contributed by atoms with E-state index in [9.17, 15) is 9.90 Å². The van der Waals surface area contributed by atoms with E-state index < -0.39 is 5.97 Å². The Hall–Kier alpha value is -2.89. The van der Waals surface area contributed by atoms with Gasteiger partial charge < -0.3 is 14.3 Å². The van der Waals surface area contributed by atoms with Gasteiger partial charge in [0, 0.05) is 11.6 Å². The van der Waals surface area contributed by atoms with Gasteiger partial charge in [0.1, 0.15) is 35.6 Å². The number of hydrogen-bond acceptors (Lipinski definition) is 5. The minimum Gasteiger partial charge on any atom is -0.487 e. The molecule has 0 amide bonds. The van der Waals surface area contributed by atoms with Crippen molar-refractivity contribution in [1.82, 2.24) is 9.97 Å². The molecule has 0 unspecified atom stereocenters. The van der Waals surface area contributed by atoms with Crippen LogP contribution in [-0.4, -0.2) is 21.0 Å². The first-order valence-corrected chi connectivity index (χ1v) is 6.29. The van der Waals surface area contributed by atoms with E-state index in [1.165, 1.54) is 6.33 Å². The van der Waals surface area contributed by atoms with Crippen LogP contribution in [0.15, 0.2) is 41.2 Å². The summed E-state index contributed by atoms with van der Waals surface area (Å²) in [5, 5.41) is 9.76. The van der Waals surface area contributed by atoms with Gasteiger partial charge in [-0.3, -0.25) is 0 Å². The first-order chi connectivity index (χ1) is 10.1. The first kappa shape index (κ1) is 13.1. The number of carboxylic acids is 1. The van der Waals surface area contributed by atoms with Crippen LogP contribution in [0.25, 0.3) is 11.0 Å². The average molecular weight is 284 g/mol. The Balaban J connectivity index is 1.90. The molecule has 6 heteroatoms. The Labute approximate surface area is 120 Å². The van der Waals surface area contributed by atoms with Gasteiger partial charge >= 0.3 is 5.97 Å². The number of carboxylic acid groups (broad SMARTS) is 1. The van der Waals surface area contributed by atoms with Crippen molar-refractivity contribution in [3.05, 3.63) is 53.8 Å². The number of benzene rings is 1. The van der Waals surface area contributed by atoms with Gasteiger partial charge in [-0.15, -0.1) is 0 Å². The highest BCUT2D eigenvalue weighted by Crippen LogP contribution is 2.29. The van der Waals surface area contributed by atoms with Gasteiger partial charge in [-0.2, -0.15) is 0 Å². The molecule has 0 fully saturated rings. The van der Waals surface area contributed by atoms with E-state index in [2.05, 4.69) is 9.97 Å². The SMILES string of the molecule is Cc1oc2ccc(OCc3ccncn3)cc2c1C(=O)O. The summed E-state index contributed by atoms with van der Waals surface area (Å²) in [4.78, 5) is 19.2. The number of ether oxygens (including phenoxy) is 1. The highest BCUT2D eigenvalue weighted by molar-refractivity contribution is 6.03. The lowest BCUT2D eigenvalue weighted by atomic mass is 10.1. The fraction of sp³-hybridized carbons (Fsp3) is 0.133. The fourth-order valence-electron chi connectivity index (χ4n) is 2.12. The highest BCUT2D eigenvalue weighted by Gasteiger charge is 2.17. The summed E-state index contributed by atoms with van der Waals surface area (Å²) in [5.74, 6) is -0.0749. The Morgan fingerprint density at radius 3 is 2.95 bits per heavy atom. The molecule has 21 heavy (non-hydrogen) atoms. The predicted octanol–water partition coefficient (Wildman–Crippen LogP) is 2.81. The maximum absolute atomic E-state index is 11.3. The third-order valence-corrected chi connectivity index (χ3v) is 3.08. The molecular weight excluding hydrogens is 272 g/mol. The molecule has 0 atom stereocenters. The molecule has 0 aliphatic carbocycles. The van der Waals surface area contributed by atoms with Crippen molar-refractivity contribution in [3.63, 3.8) is 0 Å². The molecule has 1 aromatic carbocycles. The molecule has 0 radical (unpaired) electrons. The van der Waals surface area contributed by atoms with E-state index in [0.717, 1.165) is 5.69 Å². The summed E-state index contributed by atoms with van der Waals surface area (Å²) in [6, 6.07) is 6.85. The van der Waals surface area contributed by atoms with E-state index >= 15 is 0 Å². The second kappa shape index (κ2) is 5.24. The van der Waals surface area contributed by atoms with Crippen LogP contribution in [0.2, 0.25) is 0 Å². The fourth-order valence-corrected chi connectivity index (χ4v) is 2.12. The Bertz CT molecular complexity index is 796. The van der Waals surface area contributed by atoms with E-state index in [0.29, 0.717) is 22.5 Å². The maximum atomic E-state index is 11.3. The lowest BCUT2D eigenvalue weighted by molar-refractivity contribution is 0.0697. The predicted molar refractivity (Wildman–Crippen MR) is 74.3 cm³/mol. The number of rotatable bonds is 4. The van der Waals surface area contributed by atoms with Crippen LogP contribution in [0.5, 0.6) is 5.75 Å². The molecule has 0 aliphatic rings. The van der Waals surface area contributed by atoms with E-state index in [1.54, 1.807) is 37.4 Å². The van der Waals surface area contributed by atoms with Crippen molar-refractivity contribution in [2.24, 2.45) is 0 Å². The quantitative estimate of drug-likeness (QED) is 0.792. The van der Waals surface area contributed by atoms with Crippen molar-refractivity contribution >= 4 is 16.9 Å². The summed E-state index contributed by atoms with van der Waals surface area (Å²) in [6.07, 6.45) is 3.08. The van der Waals surface area contributed by atoms with Crippen molar-refractivity contribution in [1.29, 1.82) is 0 Å². The summed E-state index contributed by atoms with van der Waals surface area (Å²) in [6.45, 7) is 1.91. The minimum atomic E-state index is -1.01. The first-order valence-electron chi connectivity index (χ1n) is 6.29. The van der Waals surface area contributed by atoms with Crippen LogP contribution in [0.1, 0.15) is 21.8 Å². The number of aromatic nitrogens is 2. The molecule has 6 nitrogen and oxygen atoms in total. The van der Waals surface area contributed by atoms with Crippen LogP contribution in [-0.2, 0) is 6.61 Å². The lowest BCUT2D eigenvalue weighted by Crippen LogP contribution is -1.99. The Morgan fingerprint density at radius 2 is 2.24 bits per heavy atom. The van der Waals surface area contributed by atoms with Crippen molar-refractivity contribution in [2.75, 3.05) is 0 Å². The van der Waals surface area contributed by atoms with Crippen molar-refractivity contribution < 1.29 is 19.1 Å². The van der Waals surface area contributed by atoms with Crippen LogP contribution in [0, 0.1) is 6.92 Å². The van der Waals surface area contributed by atoms with E-state index in [1.807, 2.05) is 0 Å². The zero-order valence-corrected chi connectivity index (χ0v) is 11.2. The molecule has 0 aliphatic heterocycles. The van der Waals surface area contributed by atoms with Gasteiger partial charge in [0.15, 0.2) is 0 Å². The van der Waals surface area contributed by atoms with E-state index in [4.69, 9.17) is 9.15 Å². The molecular formula is C15H12N2O4. The smallest absolute Gasteiger partial charge is 0.339 e. The van der Waals surface area contributed by atoms with Crippen LogP contribution in [0.4, 0.5) is 0 Å². The number of nitrogens with zero attached hydrogens (tertiary/aromatic N) is 2. The number of fused-ring (bicyclic) bond motifs is 1. The van der Waals surface area contributed by atoms with Gasteiger partial charge in [-0.05, 0) is 31.2 Å². The number of aryl methyl sites for hydroxylation is 1. The number of hydrogen-bond donors (Lipinski definition) is 1. The second-order valence-electron chi connectivity index (χ2n) is 4.49. The maximum Gasteiger partial charge on any atom is 0.339 e. The zero-order chi connectivity index (χ0) is 14.8. The molecule has 0 saturated carbocycles. The number of carbonyl (C=O) groups is 1. The Morgan fingerprint density at radius 1 is 1.38 bits per heavy atom. The highest BCUT2D eigenvalue weighted by atomic mass is 16.5. The molecule has 2 aromatic heterocycles. The van der Waals surface area contributed by atoms with Crippen molar-refractivity contribution in [3.8, 4) is 5.75 Å². The van der Waals surface area contributed by atoms with Gasteiger partial charge in [0.25, 0.3) is 0 Å². The average Bonchev–Trinajstić information content (AvgIpc) is 2.81. The summed E-state index contributed by atoms with van der Waals surface area (Å²) >= 11 is 0. The number of aromatic carboxylic acids is 1. The lowest BCUT2D eigenvalue weighted by Gasteiger charge is -2.05. The van der Waals surface area contributed by atoms with Crippen LogP contribution < -0.4 is 4.74 Å². The summed E-state index contributed by atoms with van der Waals surface area (Å²) in [7, 11) is 0. The standard InChI is InChI=1S/C15H12N2O4/c1-9-14(15(18)19)12-6-11(2-3-13(12)21-9)20-7-10-4-5-16-8-17-10/h2-6,8H,7H2,1H3,(H,18,19). The van der Waals surface area contributed by atoms with Gasteiger partial charge in [0.2, 0.25) is 0 Å². The summed E-state index contributed by atoms with van der Waals surface area (Å²) in [5.41, 5.74) is 1.43. The Kier molecular flexibility index (Phi) is 3.27. The van der Waals surface area contributed by atoms with E-state index in [-0.39, 0.29) is 12.2 Å². The molecule has 3 aromatic rings. The van der Waals surface area contributed by atoms with Crippen LogP contribution >= 0.6 is 0 Å². The molecule has 1 N–H and O–H groups in total. The van der Waals surface area contributed by atoms with Gasteiger partial charge in [-0.1, -0.05) is 0 Å². The molecule has 106 valence electrons. The summed E-state index contributed by atoms with van der Waals surface area (Å²) < 4.78 is 11.0. The molecule has 0 bridgehead atoms. The van der Waals surface area contributed by atoms with Crippen LogP contribution in [0.3, 0.4) is 0 Å². The topological polar surface area (TPSA) is 85.5 Å². The second-order valence-corrected chi connectivity index (χ2v) is 4.49. The van der Waals surface area contributed by atoms with Gasteiger partial charge in [-0.25, -0.2) is 14.8 Å². The third-order valence-electron chi connectivity index (χ3n) is 3.08. The largest absolute Gasteiger partial charge is 0.487 e. The normalized spacial score (nSPS) is 10.7. The molecule has 0 spiro atoms. The molecule has 3 rings (SSSR count).